The van der Waals surface area contributed by atoms with E-state index in [-0.39, 0.29) is 18.0 Å². The maximum atomic E-state index is 12.2. The molecule has 0 aliphatic rings. The third-order valence-corrected chi connectivity index (χ3v) is 4.21. The van der Waals surface area contributed by atoms with Crippen LogP contribution in [0.5, 0.6) is 5.75 Å². The van der Waals surface area contributed by atoms with Gasteiger partial charge in [0.1, 0.15) is 11.3 Å². The molecule has 1 atom stereocenters. The second kappa shape index (κ2) is 7.96. The molecule has 0 aliphatic carbocycles. The molecule has 0 radical (unpaired) electrons. The number of nitrogens with one attached hydrogen (secondary N) is 1. The first-order valence-corrected chi connectivity index (χ1v) is 8.64. The van der Waals surface area contributed by atoms with Crippen molar-refractivity contribution in [1.29, 1.82) is 0 Å². The Labute approximate surface area is 160 Å². The maximum Gasteiger partial charge on any atom is 0.311 e. The molecule has 7 nitrogen and oxygen atoms in total. The molecule has 7 heteroatoms. The molecule has 2 N–H and O–H groups in total. The summed E-state index contributed by atoms with van der Waals surface area (Å²) in [6.07, 6.45) is 0.359. The summed E-state index contributed by atoms with van der Waals surface area (Å²) in [5.74, 6) is -1.06. The molecular weight excluding hydrogens is 362 g/mol. The van der Waals surface area contributed by atoms with Crippen LogP contribution < -0.4 is 5.32 Å². The van der Waals surface area contributed by atoms with Crippen LogP contribution >= 0.6 is 0 Å². The van der Waals surface area contributed by atoms with Crippen LogP contribution in [0.25, 0.3) is 11.0 Å². The van der Waals surface area contributed by atoms with Gasteiger partial charge in [-0.2, -0.15) is 0 Å². The summed E-state index contributed by atoms with van der Waals surface area (Å²) >= 11 is 0. The molecule has 0 unspecified atom stereocenters. The van der Waals surface area contributed by atoms with E-state index in [1.807, 2.05) is 0 Å². The van der Waals surface area contributed by atoms with Crippen LogP contribution in [0.2, 0.25) is 0 Å². The highest BCUT2D eigenvalue weighted by Gasteiger charge is 2.19. The summed E-state index contributed by atoms with van der Waals surface area (Å²) in [5, 5.41) is 12.8. The Morgan fingerprint density at radius 1 is 1.14 bits per heavy atom. The van der Waals surface area contributed by atoms with Gasteiger partial charge in [0.05, 0.1) is 12.7 Å². The molecule has 0 saturated carbocycles. The second-order valence-corrected chi connectivity index (χ2v) is 6.37. The first-order valence-electron chi connectivity index (χ1n) is 8.64. The Kier molecular flexibility index (Phi) is 5.44. The summed E-state index contributed by atoms with van der Waals surface area (Å²) in [7, 11) is 0. The van der Waals surface area contributed by atoms with Crippen molar-refractivity contribution in [3.05, 3.63) is 59.9 Å². The quantitative estimate of drug-likeness (QED) is 0.500. The number of Topliss-reactive ketones (excluding diaryl/α,β-unsaturated/α-hetero) is 1. The third-order valence-electron chi connectivity index (χ3n) is 4.21. The van der Waals surface area contributed by atoms with Gasteiger partial charge in [-0.1, -0.05) is 0 Å². The molecule has 28 heavy (non-hydrogen) atoms. The van der Waals surface area contributed by atoms with Crippen molar-refractivity contribution < 1.29 is 28.6 Å². The summed E-state index contributed by atoms with van der Waals surface area (Å²) in [6, 6.07) is 11.0. The van der Waals surface area contributed by atoms with Crippen LogP contribution in [0.1, 0.15) is 29.8 Å². The van der Waals surface area contributed by atoms with Gasteiger partial charge in [0.15, 0.2) is 11.9 Å². The number of ketones is 1. The van der Waals surface area contributed by atoms with E-state index < -0.39 is 18.0 Å². The number of rotatable bonds is 6. The average molecular weight is 381 g/mol. The van der Waals surface area contributed by atoms with Crippen LogP contribution in [0.3, 0.4) is 0 Å². The van der Waals surface area contributed by atoms with E-state index in [4.69, 9.17) is 9.15 Å². The predicted molar refractivity (Wildman–Crippen MR) is 102 cm³/mol. The van der Waals surface area contributed by atoms with Crippen molar-refractivity contribution in [3.63, 3.8) is 0 Å². The lowest BCUT2D eigenvalue weighted by Gasteiger charge is -2.13. The highest BCUT2D eigenvalue weighted by Crippen LogP contribution is 2.25. The fourth-order valence-corrected chi connectivity index (χ4v) is 2.69. The number of benzene rings is 2. The highest BCUT2D eigenvalue weighted by atomic mass is 16.5. The molecule has 0 aliphatic heterocycles. The molecule has 0 bridgehead atoms. The van der Waals surface area contributed by atoms with Gasteiger partial charge in [-0.05, 0) is 50.2 Å². The number of carbonyl (C=O) groups excluding carboxylic acids is 3. The smallest absolute Gasteiger partial charge is 0.311 e. The lowest BCUT2D eigenvalue weighted by Crippen LogP contribution is -2.30. The molecular formula is C21H19NO6. The number of ether oxygens (including phenoxy) is 1. The number of anilines is 1. The van der Waals surface area contributed by atoms with E-state index in [0.717, 1.165) is 0 Å². The van der Waals surface area contributed by atoms with E-state index >= 15 is 0 Å². The third kappa shape index (κ3) is 4.37. The first kappa shape index (κ1) is 19.2. The summed E-state index contributed by atoms with van der Waals surface area (Å²) < 4.78 is 10.5. The SMILES string of the molecule is CC(=O)c1ccc(NC(=O)[C@@H](C)OC(=O)Cc2coc3cc(O)ccc23)cc1. The topological polar surface area (TPSA) is 106 Å². The molecule has 1 heterocycles. The van der Waals surface area contributed by atoms with Crippen LogP contribution in [0.4, 0.5) is 5.69 Å². The summed E-state index contributed by atoms with van der Waals surface area (Å²) in [4.78, 5) is 35.7. The number of fused-ring (bicyclic) bond motifs is 1. The second-order valence-electron chi connectivity index (χ2n) is 6.37. The molecule has 2 aromatic carbocycles. The summed E-state index contributed by atoms with van der Waals surface area (Å²) in [6.45, 7) is 2.93. The molecule has 3 rings (SSSR count). The lowest BCUT2D eigenvalue weighted by molar-refractivity contribution is -0.152. The molecule has 1 amide bonds. The van der Waals surface area contributed by atoms with Crippen molar-refractivity contribution in [3.8, 4) is 5.75 Å². The van der Waals surface area contributed by atoms with E-state index in [0.29, 0.717) is 27.8 Å². The average Bonchev–Trinajstić information content (AvgIpc) is 3.03. The van der Waals surface area contributed by atoms with Crippen LogP contribution in [-0.2, 0) is 20.7 Å². The van der Waals surface area contributed by atoms with Crippen LogP contribution in [-0.4, -0.2) is 28.9 Å². The molecule has 1 aromatic heterocycles. The minimum Gasteiger partial charge on any atom is -0.508 e. The zero-order valence-corrected chi connectivity index (χ0v) is 15.4. The first-order chi connectivity index (χ1) is 13.3. The van der Waals surface area contributed by atoms with E-state index in [1.165, 1.54) is 32.2 Å². The molecule has 0 spiro atoms. The van der Waals surface area contributed by atoms with Crippen molar-refractivity contribution in [2.75, 3.05) is 5.32 Å². The lowest BCUT2D eigenvalue weighted by atomic mass is 10.1. The van der Waals surface area contributed by atoms with Gasteiger partial charge in [0.25, 0.3) is 5.91 Å². The Hall–Kier alpha value is -3.61. The van der Waals surface area contributed by atoms with E-state index in [2.05, 4.69) is 5.32 Å². The van der Waals surface area contributed by atoms with Gasteiger partial charge in [-0.25, -0.2) is 0 Å². The zero-order valence-electron chi connectivity index (χ0n) is 15.4. The molecule has 144 valence electrons. The number of furan rings is 1. The van der Waals surface area contributed by atoms with Crippen molar-refractivity contribution in [2.24, 2.45) is 0 Å². The van der Waals surface area contributed by atoms with Crippen molar-refractivity contribution in [1.82, 2.24) is 0 Å². The standard InChI is InChI=1S/C21H19NO6/c1-12(23)14-3-5-16(6-4-14)22-21(26)13(2)28-20(25)9-15-11-27-19-10-17(24)7-8-18(15)19/h3-8,10-11,13,24H,9H2,1-2H3,(H,22,26)/t13-/m1/s1. The molecule has 0 fully saturated rings. The Morgan fingerprint density at radius 3 is 2.54 bits per heavy atom. The number of amides is 1. The predicted octanol–water partition coefficient (Wildman–Crippen LogP) is 3.45. The maximum absolute atomic E-state index is 12.2. The Morgan fingerprint density at radius 2 is 1.86 bits per heavy atom. The van der Waals surface area contributed by atoms with Crippen LogP contribution in [0.15, 0.2) is 53.1 Å². The van der Waals surface area contributed by atoms with Crippen molar-refractivity contribution >= 4 is 34.3 Å². The van der Waals surface area contributed by atoms with Gasteiger partial charge in [-0.15, -0.1) is 0 Å². The van der Waals surface area contributed by atoms with Gasteiger partial charge >= 0.3 is 5.97 Å². The van der Waals surface area contributed by atoms with E-state index in [9.17, 15) is 19.5 Å². The minimum atomic E-state index is -0.998. The minimum absolute atomic E-state index is 0.0668. The number of phenolic OH excluding ortho intramolecular Hbond substituents is 1. The number of esters is 1. The van der Waals surface area contributed by atoms with Gasteiger partial charge in [0, 0.05) is 28.3 Å². The van der Waals surface area contributed by atoms with Gasteiger partial charge in [-0.3, -0.25) is 14.4 Å². The number of hydrogen-bond acceptors (Lipinski definition) is 6. The number of carbonyl (C=O) groups is 3. The monoisotopic (exact) mass is 381 g/mol. The van der Waals surface area contributed by atoms with E-state index in [1.54, 1.807) is 30.3 Å². The fourth-order valence-electron chi connectivity index (χ4n) is 2.69. The highest BCUT2D eigenvalue weighted by molar-refractivity contribution is 5.97. The number of hydrogen-bond donors (Lipinski definition) is 2. The number of aromatic hydroxyl groups is 1. The van der Waals surface area contributed by atoms with Gasteiger partial charge in [0.2, 0.25) is 0 Å². The number of phenols is 1. The fraction of sp³-hybridized carbons (Fsp3) is 0.190. The normalized spacial score (nSPS) is 11.8. The van der Waals surface area contributed by atoms with Gasteiger partial charge < -0.3 is 19.6 Å². The summed E-state index contributed by atoms with van der Waals surface area (Å²) in [5.41, 5.74) is 2.10. The molecule has 3 aromatic rings. The zero-order chi connectivity index (χ0) is 20.3. The molecule has 0 saturated heterocycles. The largest absolute Gasteiger partial charge is 0.508 e. The Balaban J connectivity index is 1.58. The van der Waals surface area contributed by atoms with Crippen LogP contribution in [0, 0.1) is 0 Å². The van der Waals surface area contributed by atoms with Crippen molar-refractivity contribution in [2.45, 2.75) is 26.4 Å². The Bertz CT molecular complexity index is 1030.